The monoisotopic (exact) mass is 385 g/mol. The summed E-state index contributed by atoms with van der Waals surface area (Å²) >= 11 is 5.84. The fraction of sp³-hybridized carbons (Fsp3) is 0.158. The molecule has 1 heterocycles. The molecule has 1 amide bonds. The van der Waals surface area contributed by atoms with E-state index in [1.165, 1.54) is 0 Å². The first-order valence-corrected chi connectivity index (χ1v) is 8.53. The van der Waals surface area contributed by atoms with Crippen LogP contribution in [0.15, 0.2) is 53.3 Å². The Balaban J connectivity index is 1.64. The Morgan fingerprint density at radius 2 is 1.81 bits per heavy atom. The molecule has 0 bridgehead atoms. The molecule has 3 rings (SSSR count). The molecule has 8 heteroatoms. The van der Waals surface area contributed by atoms with Crippen molar-refractivity contribution in [2.24, 2.45) is 0 Å². The van der Waals surface area contributed by atoms with Crippen molar-refractivity contribution in [3.63, 3.8) is 0 Å². The van der Waals surface area contributed by atoms with Gasteiger partial charge in [-0.15, -0.1) is 0 Å². The molecule has 0 aliphatic rings. The van der Waals surface area contributed by atoms with Crippen LogP contribution in [0.25, 0.3) is 10.8 Å². The Labute approximate surface area is 159 Å². The Bertz CT molecular complexity index is 1050. The number of benzene rings is 2. The number of nitrogens with one attached hydrogen (secondary N) is 2. The highest BCUT2D eigenvalue weighted by atomic mass is 35.5. The SMILES string of the molecule is C[C@@H](NC(=O)COC(=O)c1n[nH]c(=O)c2ccccc12)c1ccc(Cl)cc1. The first kappa shape index (κ1) is 18.6. The van der Waals surface area contributed by atoms with Gasteiger partial charge < -0.3 is 10.1 Å². The van der Waals surface area contributed by atoms with E-state index < -0.39 is 24.0 Å². The van der Waals surface area contributed by atoms with Gasteiger partial charge in [-0.25, -0.2) is 9.89 Å². The molecule has 0 aliphatic heterocycles. The van der Waals surface area contributed by atoms with Gasteiger partial charge in [0.05, 0.1) is 11.4 Å². The lowest BCUT2D eigenvalue weighted by atomic mass is 10.1. The Morgan fingerprint density at radius 3 is 2.52 bits per heavy atom. The number of esters is 1. The fourth-order valence-electron chi connectivity index (χ4n) is 2.59. The molecule has 2 aromatic carbocycles. The molecule has 1 aromatic heterocycles. The lowest BCUT2D eigenvalue weighted by Gasteiger charge is -2.14. The van der Waals surface area contributed by atoms with E-state index in [2.05, 4.69) is 15.5 Å². The minimum Gasteiger partial charge on any atom is -0.451 e. The zero-order valence-corrected chi connectivity index (χ0v) is 15.1. The van der Waals surface area contributed by atoms with Gasteiger partial charge in [-0.2, -0.15) is 5.10 Å². The summed E-state index contributed by atoms with van der Waals surface area (Å²) in [5.41, 5.74) is 0.410. The molecule has 0 saturated heterocycles. The molecule has 1 atom stereocenters. The van der Waals surface area contributed by atoms with Gasteiger partial charge in [-0.1, -0.05) is 41.9 Å². The maximum Gasteiger partial charge on any atom is 0.359 e. The minimum atomic E-state index is -0.795. The molecule has 0 fully saturated rings. The third kappa shape index (κ3) is 4.32. The molecule has 0 radical (unpaired) electrons. The van der Waals surface area contributed by atoms with Crippen molar-refractivity contribution in [1.29, 1.82) is 0 Å². The number of ether oxygens (including phenoxy) is 1. The van der Waals surface area contributed by atoms with E-state index in [4.69, 9.17) is 16.3 Å². The van der Waals surface area contributed by atoms with Gasteiger partial charge in [-0.3, -0.25) is 9.59 Å². The molecular weight excluding hydrogens is 370 g/mol. The van der Waals surface area contributed by atoms with E-state index in [1.807, 2.05) is 0 Å². The van der Waals surface area contributed by atoms with Crippen molar-refractivity contribution in [2.45, 2.75) is 13.0 Å². The minimum absolute atomic E-state index is 0.0521. The van der Waals surface area contributed by atoms with E-state index >= 15 is 0 Å². The largest absolute Gasteiger partial charge is 0.451 e. The summed E-state index contributed by atoms with van der Waals surface area (Å²) in [5.74, 6) is -1.25. The molecular formula is C19H16ClN3O4. The lowest BCUT2D eigenvalue weighted by Crippen LogP contribution is -2.31. The number of H-pyrrole nitrogens is 1. The van der Waals surface area contributed by atoms with Crippen LogP contribution in [0.5, 0.6) is 0 Å². The fourth-order valence-corrected chi connectivity index (χ4v) is 2.71. The van der Waals surface area contributed by atoms with Gasteiger partial charge in [0.2, 0.25) is 0 Å². The van der Waals surface area contributed by atoms with Crippen molar-refractivity contribution in [2.75, 3.05) is 6.61 Å². The van der Waals surface area contributed by atoms with Gasteiger partial charge in [0.15, 0.2) is 12.3 Å². The smallest absolute Gasteiger partial charge is 0.359 e. The average molecular weight is 386 g/mol. The van der Waals surface area contributed by atoms with Crippen molar-refractivity contribution in [3.05, 3.63) is 75.2 Å². The first-order valence-electron chi connectivity index (χ1n) is 8.15. The standard InChI is InChI=1S/C19H16ClN3O4/c1-11(12-6-8-13(20)9-7-12)21-16(24)10-27-19(26)17-14-4-2-3-5-15(14)18(25)23-22-17/h2-9,11H,10H2,1H3,(H,21,24)(H,23,25)/t11-/m1/s1. The van der Waals surface area contributed by atoms with Gasteiger partial charge in [-0.05, 0) is 30.7 Å². The van der Waals surface area contributed by atoms with E-state index in [9.17, 15) is 14.4 Å². The van der Waals surface area contributed by atoms with Crippen LogP contribution in [0.2, 0.25) is 5.02 Å². The third-order valence-corrected chi connectivity index (χ3v) is 4.22. The average Bonchev–Trinajstić information content (AvgIpc) is 2.67. The van der Waals surface area contributed by atoms with Crippen LogP contribution < -0.4 is 10.9 Å². The van der Waals surface area contributed by atoms with Crippen LogP contribution in [0, 0.1) is 0 Å². The number of fused-ring (bicyclic) bond motifs is 1. The van der Waals surface area contributed by atoms with Gasteiger partial charge in [0, 0.05) is 10.4 Å². The second kappa shape index (κ2) is 8.01. The highest BCUT2D eigenvalue weighted by molar-refractivity contribution is 6.30. The maximum absolute atomic E-state index is 12.3. The summed E-state index contributed by atoms with van der Waals surface area (Å²) in [7, 11) is 0. The number of aromatic amines is 1. The molecule has 2 N–H and O–H groups in total. The van der Waals surface area contributed by atoms with Crippen molar-refractivity contribution in [3.8, 4) is 0 Å². The van der Waals surface area contributed by atoms with E-state index in [0.717, 1.165) is 5.56 Å². The second-order valence-corrected chi connectivity index (χ2v) is 6.30. The molecule has 7 nitrogen and oxygen atoms in total. The van der Waals surface area contributed by atoms with Gasteiger partial charge in [0.1, 0.15) is 0 Å². The molecule has 27 heavy (non-hydrogen) atoms. The predicted molar refractivity (Wildman–Crippen MR) is 101 cm³/mol. The quantitative estimate of drug-likeness (QED) is 0.657. The number of carbonyl (C=O) groups is 2. The number of hydrogen-bond donors (Lipinski definition) is 2. The molecule has 3 aromatic rings. The summed E-state index contributed by atoms with van der Waals surface area (Å²) in [6, 6.07) is 13.3. The van der Waals surface area contributed by atoms with Crippen molar-refractivity contribution in [1.82, 2.24) is 15.5 Å². The number of aromatic nitrogens is 2. The number of rotatable bonds is 5. The van der Waals surface area contributed by atoms with Gasteiger partial charge in [0.25, 0.3) is 11.5 Å². The number of carbonyl (C=O) groups excluding carboxylic acids is 2. The molecule has 138 valence electrons. The highest BCUT2D eigenvalue weighted by Crippen LogP contribution is 2.16. The zero-order valence-electron chi connectivity index (χ0n) is 14.4. The van der Waals surface area contributed by atoms with Crippen LogP contribution in [-0.4, -0.2) is 28.7 Å². The second-order valence-electron chi connectivity index (χ2n) is 5.86. The molecule has 0 spiro atoms. The van der Waals surface area contributed by atoms with Crippen LogP contribution >= 0.6 is 11.6 Å². The summed E-state index contributed by atoms with van der Waals surface area (Å²) in [6.07, 6.45) is 0. The number of nitrogens with zero attached hydrogens (tertiary/aromatic N) is 1. The van der Waals surface area contributed by atoms with Crippen molar-refractivity contribution >= 4 is 34.2 Å². The lowest BCUT2D eigenvalue weighted by molar-refractivity contribution is -0.124. The van der Waals surface area contributed by atoms with Crippen LogP contribution in [0.1, 0.15) is 29.0 Å². The summed E-state index contributed by atoms with van der Waals surface area (Å²) in [6.45, 7) is 1.34. The summed E-state index contributed by atoms with van der Waals surface area (Å²) < 4.78 is 5.04. The normalized spacial score (nSPS) is 11.8. The van der Waals surface area contributed by atoms with Crippen LogP contribution in [0.3, 0.4) is 0 Å². The van der Waals surface area contributed by atoms with E-state index in [1.54, 1.807) is 55.5 Å². The van der Waals surface area contributed by atoms with Crippen LogP contribution in [-0.2, 0) is 9.53 Å². The van der Waals surface area contributed by atoms with E-state index in [0.29, 0.717) is 15.8 Å². The maximum atomic E-state index is 12.3. The number of hydrogen-bond acceptors (Lipinski definition) is 5. The third-order valence-electron chi connectivity index (χ3n) is 3.97. The highest BCUT2D eigenvalue weighted by Gasteiger charge is 2.17. The topological polar surface area (TPSA) is 101 Å². The molecule has 0 aliphatic carbocycles. The first-order chi connectivity index (χ1) is 13.0. The Morgan fingerprint density at radius 1 is 1.15 bits per heavy atom. The molecule has 0 saturated carbocycles. The Kier molecular flexibility index (Phi) is 5.52. The Hall–Kier alpha value is -3.19. The predicted octanol–water partition coefficient (Wildman–Crippen LogP) is 2.61. The van der Waals surface area contributed by atoms with Gasteiger partial charge >= 0.3 is 5.97 Å². The van der Waals surface area contributed by atoms with Crippen LogP contribution in [0.4, 0.5) is 0 Å². The zero-order chi connectivity index (χ0) is 19.4. The molecule has 0 unspecified atom stereocenters. The van der Waals surface area contributed by atoms with Crippen molar-refractivity contribution < 1.29 is 14.3 Å². The number of halogens is 1. The number of amides is 1. The van der Waals surface area contributed by atoms with E-state index in [-0.39, 0.29) is 11.7 Å². The summed E-state index contributed by atoms with van der Waals surface area (Å²) in [4.78, 5) is 36.1. The summed E-state index contributed by atoms with van der Waals surface area (Å²) in [5, 5.41) is 10.0.